The molecule has 0 aliphatic carbocycles. The van der Waals surface area contributed by atoms with Gasteiger partial charge in [-0.15, -0.1) is 0 Å². The molecule has 1 aromatic carbocycles. The number of carbonyl (C=O) groups is 1. The zero-order chi connectivity index (χ0) is 11.3. The first-order chi connectivity index (χ1) is 7.15. The highest BCUT2D eigenvalue weighted by molar-refractivity contribution is 6.31. The third-order valence-corrected chi connectivity index (χ3v) is 2.28. The Kier molecular flexibility index (Phi) is 4.12. The molecule has 1 amide bonds. The van der Waals surface area contributed by atoms with Gasteiger partial charge in [0.2, 0.25) is 0 Å². The number of nitrogens with one attached hydrogen (secondary N) is 1. The molecule has 1 radical (unpaired) electrons. The van der Waals surface area contributed by atoms with Crippen LogP contribution < -0.4 is 5.32 Å². The average molecular weight is 227 g/mol. The summed E-state index contributed by atoms with van der Waals surface area (Å²) in [4.78, 5) is 20.8. The summed E-state index contributed by atoms with van der Waals surface area (Å²) >= 11 is 5.85. The van der Waals surface area contributed by atoms with Crippen LogP contribution in [-0.4, -0.2) is 23.5 Å². The molecule has 1 rings (SSSR count). The molecule has 79 valence electrons. The van der Waals surface area contributed by atoms with Crippen molar-refractivity contribution >= 4 is 24.0 Å². The molecule has 4 nitrogen and oxygen atoms in total. The summed E-state index contributed by atoms with van der Waals surface area (Å²) in [6.45, 7) is 0. The maximum Gasteiger partial charge on any atom is 0.326 e. The lowest BCUT2D eigenvalue weighted by atomic mass is 10.1. The summed E-state index contributed by atoms with van der Waals surface area (Å²) in [5.74, 6) is -1.11. The molecule has 0 aliphatic rings. The molecule has 0 heterocycles. The number of amides is 1. The topological polar surface area (TPSA) is 66.4 Å². The van der Waals surface area contributed by atoms with E-state index >= 15 is 0 Å². The Morgan fingerprint density at radius 3 is 2.73 bits per heavy atom. The van der Waals surface area contributed by atoms with Crippen LogP contribution in [0, 0.1) is 0 Å². The number of benzene rings is 1. The number of carboxylic acids is 1. The maximum absolute atomic E-state index is 10.7. The van der Waals surface area contributed by atoms with Crippen LogP contribution in [0.25, 0.3) is 0 Å². The van der Waals surface area contributed by atoms with Crippen LogP contribution in [0.4, 0.5) is 0 Å². The minimum Gasteiger partial charge on any atom is -0.480 e. The lowest BCUT2D eigenvalue weighted by Gasteiger charge is -2.11. The van der Waals surface area contributed by atoms with E-state index in [4.69, 9.17) is 16.7 Å². The van der Waals surface area contributed by atoms with Gasteiger partial charge in [0.05, 0.1) is 0 Å². The number of halogens is 1. The predicted molar refractivity (Wildman–Crippen MR) is 55.4 cm³/mol. The summed E-state index contributed by atoms with van der Waals surface area (Å²) < 4.78 is 0. The molecule has 0 saturated heterocycles. The molecule has 1 unspecified atom stereocenters. The summed E-state index contributed by atoms with van der Waals surface area (Å²) in [5, 5.41) is 11.3. The summed E-state index contributed by atoms with van der Waals surface area (Å²) in [7, 11) is 0. The molecule has 0 fully saturated rings. The Labute approximate surface area is 91.9 Å². The quantitative estimate of drug-likeness (QED) is 0.736. The van der Waals surface area contributed by atoms with Gasteiger partial charge in [0, 0.05) is 11.4 Å². The van der Waals surface area contributed by atoms with Crippen molar-refractivity contribution in [3.8, 4) is 0 Å². The van der Waals surface area contributed by atoms with Gasteiger partial charge in [-0.1, -0.05) is 29.8 Å². The lowest BCUT2D eigenvalue weighted by molar-refractivity contribution is -0.139. The van der Waals surface area contributed by atoms with E-state index in [0.29, 0.717) is 10.6 Å². The number of carbonyl (C=O) groups excluding carboxylic acids is 1. The van der Waals surface area contributed by atoms with Crippen LogP contribution in [0.15, 0.2) is 24.3 Å². The van der Waals surface area contributed by atoms with Gasteiger partial charge in [-0.05, 0) is 11.6 Å². The van der Waals surface area contributed by atoms with Crippen LogP contribution in [0.5, 0.6) is 0 Å². The monoisotopic (exact) mass is 226 g/mol. The molecule has 0 saturated carbocycles. The normalized spacial score (nSPS) is 11.8. The van der Waals surface area contributed by atoms with E-state index in [-0.39, 0.29) is 6.42 Å². The zero-order valence-corrected chi connectivity index (χ0v) is 8.49. The molecule has 15 heavy (non-hydrogen) atoms. The fourth-order valence-corrected chi connectivity index (χ4v) is 1.37. The lowest BCUT2D eigenvalue weighted by Crippen LogP contribution is -2.37. The number of aliphatic carboxylic acids is 1. The first kappa shape index (κ1) is 11.5. The molecule has 2 N–H and O–H groups in total. The van der Waals surface area contributed by atoms with E-state index in [1.54, 1.807) is 24.3 Å². The van der Waals surface area contributed by atoms with Crippen molar-refractivity contribution in [3.05, 3.63) is 34.9 Å². The first-order valence-corrected chi connectivity index (χ1v) is 4.62. The summed E-state index contributed by atoms with van der Waals surface area (Å²) in [5.41, 5.74) is 0.675. The Bertz CT molecular complexity index is 367. The van der Waals surface area contributed by atoms with E-state index in [1.807, 2.05) is 0 Å². The largest absolute Gasteiger partial charge is 0.480 e. The number of carboxylic acid groups (broad SMARTS) is 1. The van der Waals surface area contributed by atoms with Crippen LogP contribution >= 0.6 is 11.6 Å². The van der Waals surface area contributed by atoms with Crippen LogP contribution in [-0.2, 0) is 16.0 Å². The van der Waals surface area contributed by atoms with E-state index in [0.717, 1.165) is 0 Å². The molecule has 0 bridgehead atoms. The Hall–Kier alpha value is -1.55. The first-order valence-electron chi connectivity index (χ1n) is 4.24. The van der Waals surface area contributed by atoms with Crippen LogP contribution in [0.3, 0.4) is 0 Å². The van der Waals surface area contributed by atoms with E-state index < -0.39 is 12.0 Å². The van der Waals surface area contributed by atoms with E-state index in [9.17, 15) is 9.59 Å². The van der Waals surface area contributed by atoms with Crippen LogP contribution in [0.1, 0.15) is 5.56 Å². The second kappa shape index (κ2) is 5.36. The molecule has 1 aromatic rings. The highest BCUT2D eigenvalue weighted by Crippen LogP contribution is 2.16. The smallest absolute Gasteiger partial charge is 0.326 e. The summed E-state index contributed by atoms with van der Waals surface area (Å²) in [6.07, 6.45) is 1.51. The van der Waals surface area contributed by atoms with Crippen molar-refractivity contribution in [2.24, 2.45) is 0 Å². The van der Waals surface area contributed by atoms with Crippen molar-refractivity contribution in [1.29, 1.82) is 0 Å². The Balaban J connectivity index is 2.78. The molecule has 0 aliphatic heterocycles. The zero-order valence-electron chi connectivity index (χ0n) is 7.74. The van der Waals surface area contributed by atoms with Crippen molar-refractivity contribution in [1.82, 2.24) is 5.32 Å². The number of hydrogen-bond donors (Lipinski definition) is 2. The highest BCUT2D eigenvalue weighted by Gasteiger charge is 2.18. The SMILES string of the molecule is O=[C]NC(Cc1ccccc1Cl)C(=O)O. The van der Waals surface area contributed by atoms with Gasteiger partial charge in [-0.3, -0.25) is 4.79 Å². The second-order valence-electron chi connectivity index (χ2n) is 2.93. The van der Waals surface area contributed by atoms with Gasteiger partial charge >= 0.3 is 12.4 Å². The standard InChI is InChI=1S/C10H9ClNO3/c11-8-4-2-1-3-7(8)5-9(10(14)15)12-6-13/h1-4,9H,5H2,(H,12,13)(H,14,15). The molecular formula is C10H9ClNO3. The van der Waals surface area contributed by atoms with Crippen molar-refractivity contribution in [2.75, 3.05) is 0 Å². The average Bonchev–Trinajstić information content (AvgIpc) is 2.20. The van der Waals surface area contributed by atoms with Gasteiger partial charge in [0.1, 0.15) is 6.04 Å². The molecule has 0 spiro atoms. The van der Waals surface area contributed by atoms with E-state index in [2.05, 4.69) is 5.32 Å². The van der Waals surface area contributed by atoms with E-state index in [1.165, 1.54) is 6.41 Å². The Morgan fingerprint density at radius 1 is 1.53 bits per heavy atom. The molecular weight excluding hydrogens is 218 g/mol. The minimum atomic E-state index is -1.11. The van der Waals surface area contributed by atoms with Crippen molar-refractivity contribution < 1.29 is 14.7 Å². The van der Waals surface area contributed by atoms with Crippen LogP contribution in [0.2, 0.25) is 5.02 Å². The molecule has 1 atom stereocenters. The highest BCUT2D eigenvalue weighted by atomic mass is 35.5. The van der Waals surface area contributed by atoms with Crippen molar-refractivity contribution in [2.45, 2.75) is 12.5 Å². The fraction of sp³-hybridized carbons (Fsp3) is 0.200. The van der Waals surface area contributed by atoms with Gasteiger partial charge < -0.3 is 10.4 Å². The third-order valence-electron chi connectivity index (χ3n) is 1.91. The molecule has 0 aromatic heterocycles. The second-order valence-corrected chi connectivity index (χ2v) is 3.34. The van der Waals surface area contributed by atoms with Gasteiger partial charge in [0.15, 0.2) is 0 Å². The third kappa shape index (κ3) is 3.25. The minimum absolute atomic E-state index is 0.143. The van der Waals surface area contributed by atoms with Crippen molar-refractivity contribution in [3.63, 3.8) is 0 Å². The summed E-state index contributed by atoms with van der Waals surface area (Å²) in [6, 6.07) is 5.89. The van der Waals surface area contributed by atoms with Gasteiger partial charge in [-0.2, -0.15) is 0 Å². The number of hydrogen-bond acceptors (Lipinski definition) is 2. The molecule has 5 heteroatoms. The maximum atomic E-state index is 10.7. The van der Waals surface area contributed by atoms with Gasteiger partial charge in [-0.25, -0.2) is 4.79 Å². The predicted octanol–water partition coefficient (Wildman–Crippen LogP) is 0.992. The van der Waals surface area contributed by atoms with Gasteiger partial charge in [0.25, 0.3) is 0 Å². The fourth-order valence-electron chi connectivity index (χ4n) is 1.16. The Morgan fingerprint density at radius 2 is 2.20 bits per heavy atom. The number of rotatable bonds is 5.